The molecule has 1 heterocycles. The molecule has 0 amide bonds. The lowest BCUT2D eigenvalue weighted by atomic mass is 10.1. The van der Waals surface area contributed by atoms with E-state index >= 15 is 0 Å². The Hall–Kier alpha value is -0.650. The zero-order valence-electron chi connectivity index (χ0n) is 11.8. The Morgan fingerprint density at radius 3 is 2.89 bits per heavy atom. The van der Waals surface area contributed by atoms with Crippen LogP contribution >= 0.6 is 0 Å². The standard InChI is InChI=1S/C13H26N2O3/c1-4-7-14-12(13(16)18-3)10-15-8-5-6-11(9-15)17-2/h11-12,14H,4-10H2,1-3H3. The summed E-state index contributed by atoms with van der Waals surface area (Å²) in [4.78, 5) is 14.0. The van der Waals surface area contributed by atoms with Crippen LogP contribution in [-0.4, -0.2) is 63.4 Å². The van der Waals surface area contributed by atoms with Crippen molar-refractivity contribution in [1.82, 2.24) is 10.2 Å². The van der Waals surface area contributed by atoms with Gasteiger partial charge in [0.1, 0.15) is 6.04 Å². The van der Waals surface area contributed by atoms with E-state index in [1.54, 1.807) is 7.11 Å². The van der Waals surface area contributed by atoms with Crippen LogP contribution in [0.5, 0.6) is 0 Å². The van der Waals surface area contributed by atoms with Crippen LogP contribution in [0.3, 0.4) is 0 Å². The molecule has 0 aromatic rings. The lowest BCUT2D eigenvalue weighted by Crippen LogP contribution is -2.50. The van der Waals surface area contributed by atoms with E-state index in [0.29, 0.717) is 12.6 Å². The average molecular weight is 258 g/mol. The van der Waals surface area contributed by atoms with Gasteiger partial charge in [0.15, 0.2) is 0 Å². The van der Waals surface area contributed by atoms with Crippen molar-refractivity contribution in [3.8, 4) is 0 Å². The minimum absolute atomic E-state index is 0.178. The number of methoxy groups -OCH3 is 2. The maximum Gasteiger partial charge on any atom is 0.324 e. The van der Waals surface area contributed by atoms with E-state index in [9.17, 15) is 4.79 Å². The highest BCUT2D eigenvalue weighted by atomic mass is 16.5. The van der Waals surface area contributed by atoms with Crippen LogP contribution in [0.4, 0.5) is 0 Å². The van der Waals surface area contributed by atoms with Gasteiger partial charge in [-0.25, -0.2) is 0 Å². The van der Waals surface area contributed by atoms with E-state index in [0.717, 1.165) is 38.9 Å². The van der Waals surface area contributed by atoms with Gasteiger partial charge in [-0.05, 0) is 32.4 Å². The molecule has 2 atom stereocenters. The second-order valence-corrected chi connectivity index (χ2v) is 4.79. The topological polar surface area (TPSA) is 50.8 Å². The molecule has 0 bridgehead atoms. The summed E-state index contributed by atoms with van der Waals surface area (Å²) < 4.78 is 10.2. The first kappa shape index (κ1) is 15.4. The zero-order chi connectivity index (χ0) is 13.4. The molecule has 18 heavy (non-hydrogen) atoms. The molecule has 2 unspecified atom stereocenters. The fourth-order valence-electron chi connectivity index (χ4n) is 2.31. The highest BCUT2D eigenvalue weighted by Gasteiger charge is 2.25. The summed E-state index contributed by atoms with van der Waals surface area (Å²) in [5.74, 6) is -0.178. The van der Waals surface area contributed by atoms with E-state index in [1.165, 1.54) is 7.11 Å². The minimum Gasteiger partial charge on any atom is -0.468 e. The van der Waals surface area contributed by atoms with Crippen LogP contribution in [0, 0.1) is 0 Å². The zero-order valence-corrected chi connectivity index (χ0v) is 11.8. The third kappa shape index (κ3) is 4.92. The summed E-state index contributed by atoms with van der Waals surface area (Å²) in [6.07, 6.45) is 3.54. The number of nitrogens with zero attached hydrogens (tertiary/aromatic N) is 1. The van der Waals surface area contributed by atoms with E-state index in [-0.39, 0.29) is 12.0 Å². The van der Waals surface area contributed by atoms with E-state index < -0.39 is 0 Å². The molecule has 5 nitrogen and oxygen atoms in total. The fourth-order valence-corrected chi connectivity index (χ4v) is 2.31. The van der Waals surface area contributed by atoms with Gasteiger partial charge in [-0.2, -0.15) is 0 Å². The molecule has 0 radical (unpaired) electrons. The molecule has 0 aromatic carbocycles. The molecule has 1 saturated heterocycles. The second kappa shape index (κ2) is 8.45. The summed E-state index contributed by atoms with van der Waals surface area (Å²) in [7, 11) is 3.19. The van der Waals surface area contributed by atoms with Gasteiger partial charge in [0.25, 0.3) is 0 Å². The van der Waals surface area contributed by atoms with Gasteiger partial charge in [-0.15, -0.1) is 0 Å². The van der Waals surface area contributed by atoms with Crippen molar-refractivity contribution < 1.29 is 14.3 Å². The Bertz CT molecular complexity index is 248. The van der Waals surface area contributed by atoms with Crippen LogP contribution in [0.15, 0.2) is 0 Å². The number of carbonyl (C=O) groups excluding carboxylic acids is 1. The van der Waals surface area contributed by atoms with Crippen molar-refractivity contribution in [1.29, 1.82) is 0 Å². The van der Waals surface area contributed by atoms with E-state index in [1.807, 2.05) is 0 Å². The molecule has 0 saturated carbocycles. The molecule has 5 heteroatoms. The molecule has 1 N–H and O–H groups in total. The van der Waals surface area contributed by atoms with Gasteiger partial charge < -0.3 is 14.8 Å². The molecule has 106 valence electrons. The monoisotopic (exact) mass is 258 g/mol. The Labute approximate surface area is 110 Å². The van der Waals surface area contributed by atoms with Gasteiger partial charge in [-0.1, -0.05) is 6.92 Å². The van der Waals surface area contributed by atoms with Crippen molar-refractivity contribution in [3.05, 3.63) is 0 Å². The van der Waals surface area contributed by atoms with Crippen molar-refractivity contribution in [2.75, 3.05) is 40.4 Å². The number of ether oxygens (including phenoxy) is 2. The van der Waals surface area contributed by atoms with Crippen LogP contribution in [0.25, 0.3) is 0 Å². The van der Waals surface area contributed by atoms with Crippen molar-refractivity contribution in [2.24, 2.45) is 0 Å². The summed E-state index contributed by atoms with van der Waals surface area (Å²) in [6.45, 7) is 5.55. The molecule has 0 aliphatic carbocycles. The largest absolute Gasteiger partial charge is 0.468 e. The summed E-state index contributed by atoms with van der Waals surface area (Å²) >= 11 is 0. The van der Waals surface area contributed by atoms with Crippen molar-refractivity contribution >= 4 is 5.97 Å². The van der Waals surface area contributed by atoms with Gasteiger partial charge >= 0.3 is 5.97 Å². The molecule has 1 fully saturated rings. The van der Waals surface area contributed by atoms with Gasteiger partial charge in [0.2, 0.25) is 0 Å². The third-order valence-corrected chi connectivity index (χ3v) is 3.36. The molecule has 1 rings (SSSR count). The molecular formula is C13H26N2O3. The predicted octanol–water partition coefficient (Wildman–Crippen LogP) is 0.638. The number of esters is 1. The Morgan fingerprint density at radius 2 is 2.28 bits per heavy atom. The lowest BCUT2D eigenvalue weighted by molar-refractivity contribution is -0.143. The van der Waals surface area contributed by atoms with Crippen LogP contribution in [0.1, 0.15) is 26.2 Å². The maximum atomic E-state index is 11.7. The summed E-state index contributed by atoms with van der Waals surface area (Å²) in [5.41, 5.74) is 0. The Balaban J connectivity index is 2.45. The Morgan fingerprint density at radius 1 is 1.50 bits per heavy atom. The highest BCUT2D eigenvalue weighted by Crippen LogP contribution is 2.12. The first-order valence-corrected chi connectivity index (χ1v) is 6.77. The van der Waals surface area contributed by atoms with Gasteiger partial charge in [0.05, 0.1) is 13.2 Å². The Kier molecular flexibility index (Phi) is 7.23. The molecule has 0 spiro atoms. The van der Waals surface area contributed by atoms with Crippen LogP contribution < -0.4 is 5.32 Å². The minimum atomic E-state index is -0.231. The second-order valence-electron chi connectivity index (χ2n) is 4.79. The molecular weight excluding hydrogens is 232 g/mol. The first-order chi connectivity index (χ1) is 8.71. The molecule has 1 aliphatic heterocycles. The number of hydrogen-bond acceptors (Lipinski definition) is 5. The van der Waals surface area contributed by atoms with Crippen molar-refractivity contribution in [2.45, 2.75) is 38.3 Å². The highest BCUT2D eigenvalue weighted by molar-refractivity contribution is 5.75. The lowest BCUT2D eigenvalue weighted by Gasteiger charge is -2.33. The smallest absolute Gasteiger partial charge is 0.324 e. The molecule has 0 aromatic heterocycles. The number of likely N-dealkylation sites (tertiary alicyclic amines) is 1. The van der Waals surface area contributed by atoms with Crippen molar-refractivity contribution in [3.63, 3.8) is 0 Å². The number of piperidine rings is 1. The quantitative estimate of drug-likeness (QED) is 0.679. The number of carbonyl (C=O) groups is 1. The van der Waals surface area contributed by atoms with Gasteiger partial charge in [0, 0.05) is 20.2 Å². The number of rotatable bonds is 7. The van der Waals surface area contributed by atoms with Crippen LogP contribution in [0.2, 0.25) is 0 Å². The fraction of sp³-hybridized carbons (Fsp3) is 0.923. The third-order valence-electron chi connectivity index (χ3n) is 3.36. The van der Waals surface area contributed by atoms with E-state index in [4.69, 9.17) is 9.47 Å². The predicted molar refractivity (Wildman–Crippen MR) is 70.6 cm³/mol. The number of hydrogen-bond donors (Lipinski definition) is 1. The SMILES string of the molecule is CCCNC(CN1CCCC(OC)C1)C(=O)OC. The maximum absolute atomic E-state index is 11.7. The average Bonchev–Trinajstić information content (AvgIpc) is 2.42. The molecule has 1 aliphatic rings. The number of nitrogens with one attached hydrogen (secondary N) is 1. The normalized spacial score (nSPS) is 22.7. The van der Waals surface area contributed by atoms with Gasteiger partial charge in [-0.3, -0.25) is 9.69 Å². The summed E-state index contributed by atoms with van der Waals surface area (Å²) in [6, 6.07) is -0.231. The van der Waals surface area contributed by atoms with E-state index in [2.05, 4.69) is 17.1 Å². The summed E-state index contributed by atoms with van der Waals surface area (Å²) in [5, 5.41) is 3.24. The van der Waals surface area contributed by atoms with Crippen LogP contribution in [-0.2, 0) is 14.3 Å². The first-order valence-electron chi connectivity index (χ1n) is 6.77.